The molecule has 6 heteroatoms. The van der Waals surface area contributed by atoms with Crippen molar-refractivity contribution >= 4 is 16.6 Å². The summed E-state index contributed by atoms with van der Waals surface area (Å²) in [7, 11) is 1.70. The van der Waals surface area contributed by atoms with Crippen LogP contribution in [-0.2, 0) is 0 Å². The predicted octanol–water partition coefficient (Wildman–Crippen LogP) is 5.74. The normalized spacial score (nSPS) is 18.9. The Morgan fingerprint density at radius 2 is 1.74 bits per heavy atom. The van der Waals surface area contributed by atoms with Gasteiger partial charge in [-0.3, -0.25) is 0 Å². The topological polar surface area (TPSA) is 61.2 Å². The van der Waals surface area contributed by atoms with Crippen molar-refractivity contribution in [1.82, 2.24) is 14.8 Å². The monoisotopic (exact) mass is 422 g/mol. The van der Waals surface area contributed by atoms with E-state index in [1.165, 1.54) is 25.7 Å². The van der Waals surface area contributed by atoms with Crippen LogP contribution in [0.2, 0.25) is 0 Å². The Morgan fingerprint density at radius 3 is 2.42 bits per heavy atom. The Morgan fingerprint density at radius 1 is 1.03 bits per heavy atom. The molecule has 1 aliphatic rings. The number of fused-ring (bicyclic) bond motifs is 1. The molecule has 1 aromatic carbocycles. The zero-order valence-electron chi connectivity index (χ0n) is 19.6. The van der Waals surface area contributed by atoms with Gasteiger partial charge in [0.25, 0.3) is 0 Å². The smallest absolute Gasteiger partial charge is 0.158 e. The minimum Gasteiger partial charge on any atom is -0.494 e. The van der Waals surface area contributed by atoms with Crippen LogP contribution in [-0.4, -0.2) is 34.5 Å². The average Bonchev–Trinajstić information content (AvgIpc) is 3.03. The molecule has 1 fully saturated rings. The minimum absolute atomic E-state index is 0.458. The lowest BCUT2D eigenvalue weighted by molar-refractivity contribution is 0.336. The number of nitrogens with zero attached hydrogens (tertiary/aromatic N) is 3. The summed E-state index contributed by atoms with van der Waals surface area (Å²) in [6.45, 7) is 11.3. The number of hydrogen-bond donors (Lipinski definition) is 1. The van der Waals surface area contributed by atoms with E-state index in [9.17, 15) is 0 Å². The van der Waals surface area contributed by atoms with Gasteiger partial charge in [-0.05, 0) is 71.4 Å². The van der Waals surface area contributed by atoms with Gasteiger partial charge in [-0.1, -0.05) is 6.92 Å². The Hall–Kier alpha value is -2.76. The first-order valence-electron chi connectivity index (χ1n) is 11.4. The predicted molar refractivity (Wildman–Crippen MR) is 126 cm³/mol. The Balaban J connectivity index is 1.82. The highest BCUT2D eigenvalue weighted by molar-refractivity contribution is 5.98. The molecule has 2 aromatic heterocycles. The largest absolute Gasteiger partial charge is 0.494 e. The first-order chi connectivity index (χ1) is 14.9. The van der Waals surface area contributed by atoms with Crippen molar-refractivity contribution in [3.8, 4) is 17.2 Å². The maximum Gasteiger partial charge on any atom is 0.158 e. The third-order valence-corrected chi connectivity index (χ3v) is 6.60. The molecule has 1 N–H and O–H groups in total. The minimum atomic E-state index is 0.458. The van der Waals surface area contributed by atoms with Crippen molar-refractivity contribution < 1.29 is 9.47 Å². The third kappa shape index (κ3) is 3.95. The quantitative estimate of drug-likeness (QED) is 0.548. The standard InChI is InChI=1S/C25H34N4O2/c1-7-31-20-12-13-21(22(14-20)30-6)29-17(4)23-16(3)27-28-25(24(23)18(29)5)26-19-10-8-15(2)9-11-19/h12-15,19H,7-11H2,1-6H3,(H,26,28). The van der Waals surface area contributed by atoms with Crippen LogP contribution < -0.4 is 14.8 Å². The molecule has 0 radical (unpaired) electrons. The summed E-state index contributed by atoms with van der Waals surface area (Å²) in [5, 5.41) is 15.1. The van der Waals surface area contributed by atoms with Crippen molar-refractivity contribution in [3.05, 3.63) is 35.3 Å². The molecule has 1 saturated carbocycles. The Kier molecular flexibility index (Phi) is 6.08. The maximum atomic E-state index is 5.74. The van der Waals surface area contributed by atoms with Gasteiger partial charge in [-0.2, -0.15) is 5.10 Å². The van der Waals surface area contributed by atoms with E-state index in [0.29, 0.717) is 12.6 Å². The summed E-state index contributed by atoms with van der Waals surface area (Å²) in [5.74, 6) is 3.30. The summed E-state index contributed by atoms with van der Waals surface area (Å²) in [5.41, 5.74) is 4.22. The van der Waals surface area contributed by atoms with Crippen LogP contribution in [0.5, 0.6) is 11.5 Å². The molecule has 166 valence electrons. The summed E-state index contributed by atoms with van der Waals surface area (Å²) < 4.78 is 13.7. The van der Waals surface area contributed by atoms with E-state index >= 15 is 0 Å². The van der Waals surface area contributed by atoms with Crippen molar-refractivity contribution in [2.24, 2.45) is 5.92 Å². The first-order valence-corrected chi connectivity index (χ1v) is 11.4. The van der Waals surface area contributed by atoms with E-state index in [1.807, 2.05) is 26.0 Å². The highest BCUT2D eigenvalue weighted by Crippen LogP contribution is 2.38. The van der Waals surface area contributed by atoms with Gasteiger partial charge in [-0.15, -0.1) is 5.10 Å². The van der Waals surface area contributed by atoms with Gasteiger partial charge in [0.15, 0.2) is 5.82 Å². The number of anilines is 1. The summed E-state index contributed by atoms with van der Waals surface area (Å²) in [4.78, 5) is 0. The third-order valence-electron chi connectivity index (χ3n) is 6.60. The maximum absolute atomic E-state index is 5.74. The van der Waals surface area contributed by atoms with Gasteiger partial charge in [0.2, 0.25) is 0 Å². The molecule has 0 unspecified atom stereocenters. The van der Waals surface area contributed by atoms with Crippen molar-refractivity contribution in [2.45, 2.75) is 66.3 Å². The zero-order chi connectivity index (χ0) is 22.1. The van der Waals surface area contributed by atoms with E-state index in [1.54, 1.807) is 7.11 Å². The number of aryl methyl sites for hydroxylation is 3. The van der Waals surface area contributed by atoms with E-state index in [2.05, 4.69) is 46.9 Å². The van der Waals surface area contributed by atoms with Crippen LogP contribution in [0.25, 0.3) is 16.5 Å². The molecule has 4 rings (SSSR count). The molecule has 0 atom stereocenters. The summed E-state index contributed by atoms with van der Waals surface area (Å²) in [6.07, 6.45) is 4.90. The number of nitrogens with one attached hydrogen (secondary N) is 1. The molecule has 1 aliphatic carbocycles. The first kappa shape index (κ1) is 21.5. The van der Waals surface area contributed by atoms with Gasteiger partial charge in [-0.25, -0.2) is 0 Å². The molecule has 0 bridgehead atoms. The van der Waals surface area contributed by atoms with Crippen molar-refractivity contribution in [3.63, 3.8) is 0 Å². The molecular formula is C25H34N4O2. The van der Waals surface area contributed by atoms with Gasteiger partial charge >= 0.3 is 0 Å². The van der Waals surface area contributed by atoms with E-state index in [-0.39, 0.29) is 0 Å². The van der Waals surface area contributed by atoms with Crippen LogP contribution in [0, 0.1) is 26.7 Å². The highest BCUT2D eigenvalue weighted by atomic mass is 16.5. The highest BCUT2D eigenvalue weighted by Gasteiger charge is 2.24. The Labute approximate surface area is 185 Å². The second kappa shape index (κ2) is 8.77. The van der Waals surface area contributed by atoms with Crippen molar-refractivity contribution in [1.29, 1.82) is 0 Å². The van der Waals surface area contributed by atoms with E-state index in [0.717, 1.165) is 56.8 Å². The number of methoxy groups -OCH3 is 1. The number of hydrogen-bond acceptors (Lipinski definition) is 5. The van der Waals surface area contributed by atoms with Gasteiger partial charge < -0.3 is 19.4 Å². The van der Waals surface area contributed by atoms with Gasteiger partial charge in [0.1, 0.15) is 11.5 Å². The van der Waals surface area contributed by atoms with Crippen LogP contribution in [0.4, 0.5) is 5.82 Å². The molecular weight excluding hydrogens is 388 g/mol. The average molecular weight is 423 g/mol. The second-order valence-electron chi connectivity index (χ2n) is 8.76. The molecule has 0 aliphatic heterocycles. The van der Waals surface area contributed by atoms with Crippen LogP contribution in [0.3, 0.4) is 0 Å². The summed E-state index contributed by atoms with van der Waals surface area (Å²) in [6, 6.07) is 6.47. The molecule has 6 nitrogen and oxygen atoms in total. The molecule has 31 heavy (non-hydrogen) atoms. The fraction of sp³-hybridized carbons (Fsp3) is 0.520. The summed E-state index contributed by atoms with van der Waals surface area (Å²) >= 11 is 0. The zero-order valence-corrected chi connectivity index (χ0v) is 19.6. The van der Waals surface area contributed by atoms with Crippen LogP contribution in [0.1, 0.15) is 56.6 Å². The van der Waals surface area contributed by atoms with Crippen molar-refractivity contribution in [2.75, 3.05) is 19.0 Å². The van der Waals surface area contributed by atoms with Crippen LogP contribution >= 0.6 is 0 Å². The molecule has 0 amide bonds. The number of ether oxygens (including phenoxy) is 2. The molecule has 0 spiro atoms. The fourth-order valence-corrected chi connectivity index (χ4v) is 4.95. The number of aromatic nitrogens is 3. The van der Waals surface area contributed by atoms with Crippen LogP contribution in [0.15, 0.2) is 18.2 Å². The SMILES string of the molecule is CCOc1ccc(-n2c(C)c3c(C)nnc(NC4CCC(C)CC4)c3c2C)c(OC)c1. The molecule has 2 heterocycles. The molecule has 3 aromatic rings. The number of rotatable bonds is 6. The Bertz CT molecular complexity index is 1080. The number of benzene rings is 1. The lowest BCUT2D eigenvalue weighted by atomic mass is 9.87. The molecule has 0 saturated heterocycles. The second-order valence-corrected chi connectivity index (χ2v) is 8.76. The van der Waals surface area contributed by atoms with Gasteiger partial charge in [0, 0.05) is 34.3 Å². The van der Waals surface area contributed by atoms with E-state index < -0.39 is 0 Å². The fourth-order valence-electron chi connectivity index (χ4n) is 4.95. The lowest BCUT2D eigenvalue weighted by Crippen LogP contribution is -2.26. The lowest BCUT2D eigenvalue weighted by Gasteiger charge is -2.27. The van der Waals surface area contributed by atoms with Gasteiger partial charge in [0.05, 0.1) is 25.1 Å². The van der Waals surface area contributed by atoms with E-state index in [4.69, 9.17) is 9.47 Å².